The third kappa shape index (κ3) is 0.593. The molecule has 2 saturated carbocycles. The van der Waals surface area contributed by atoms with Crippen LogP contribution in [0.3, 0.4) is 0 Å². The van der Waals surface area contributed by atoms with Gasteiger partial charge in [0, 0.05) is 23.2 Å². The van der Waals surface area contributed by atoms with Crippen LogP contribution in [-0.2, 0) is 4.74 Å². The Morgan fingerprint density at radius 1 is 1.50 bits per heavy atom. The Balaban J connectivity index is 2.13. The van der Waals surface area contributed by atoms with Gasteiger partial charge in [-0.2, -0.15) is 0 Å². The molecular weight excluding hydrogens is 182 g/mol. The van der Waals surface area contributed by atoms with Crippen LogP contribution in [0, 0.1) is 21.4 Å². The third-order valence-electron chi connectivity index (χ3n) is 5.09. The van der Waals surface area contributed by atoms with Crippen molar-refractivity contribution in [2.75, 3.05) is 6.61 Å². The maximum Gasteiger partial charge on any atom is 0.253 e. The molecule has 3 rings (SSSR count). The smallest absolute Gasteiger partial charge is 0.253 e. The second-order valence-electron chi connectivity index (χ2n) is 5.57. The Morgan fingerprint density at radius 3 is 2.57 bits per heavy atom. The lowest BCUT2D eigenvalue weighted by Gasteiger charge is -2.37. The van der Waals surface area contributed by atoms with Crippen LogP contribution in [0.5, 0.6) is 0 Å². The summed E-state index contributed by atoms with van der Waals surface area (Å²) in [5, 5.41) is 11.3. The highest BCUT2D eigenvalue weighted by molar-refractivity contribution is 5.27. The van der Waals surface area contributed by atoms with Gasteiger partial charge in [0.2, 0.25) is 0 Å². The van der Waals surface area contributed by atoms with Crippen molar-refractivity contribution in [3.05, 3.63) is 10.1 Å². The van der Waals surface area contributed by atoms with Gasteiger partial charge in [-0.15, -0.1) is 0 Å². The molecule has 78 valence electrons. The molecule has 0 aromatic heterocycles. The van der Waals surface area contributed by atoms with Gasteiger partial charge in [-0.3, -0.25) is 10.1 Å². The summed E-state index contributed by atoms with van der Waals surface area (Å²) in [7, 11) is 0. The average Bonchev–Trinajstić information content (AvgIpc) is 2.73. The highest BCUT2D eigenvalue weighted by Crippen LogP contribution is 2.70. The molecule has 3 atom stereocenters. The van der Waals surface area contributed by atoms with E-state index in [0.29, 0.717) is 18.9 Å². The molecule has 1 heterocycles. The number of hydrogen-bond acceptors (Lipinski definition) is 3. The summed E-state index contributed by atoms with van der Waals surface area (Å²) in [5.74, 6) is 0.482. The lowest BCUT2D eigenvalue weighted by atomic mass is 9.66. The van der Waals surface area contributed by atoms with Gasteiger partial charge >= 0.3 is 0 Å². The lowest BCUT2D eigenvalue weighted by Crippen LogP contribution is -2.54. The second-order valence-corrected chi connectivity index (χ2v) is 5.57. The third-order valence-corrected chi connectivity index (χ3v) is 5.09. The topological polar surface area (TPSA) is 55.7 Å². The standard InChI is InChI=1S/C10H15NO3/c1-8(2)7-3-4-9(5-7,11(12)13)10(8)6-14-10/h7H,3-6H2,1-2H3/t7-,9-,10+/m1/s1. The van der Waals surface area contributed by atoms with Crippen molar-refractivity contribution in [3.63, 3.8) is 0 Å². The number of hydrogen-bond donors (Lipinski definition) is 0. The number of rotatable bonds is 1. The van der Waals surface area contributed by atoms with E-state index in [1.54, 1.807) is 0 Å². The van der Waals surface area contributed by atoms with Crippen LogP contribution in [0.25, 0.3) is 0 Å². The molecule has 0 unspecified atom stereocenters. The van der Waals surface area contributed by atoms with E-state index in [9.17, 15) is 10.1 Å². The van der Waals surface area contributed by atoms with Crippen molar-refractivity contribution < 1.29 is 9.66 Å². The maximum absolute atomic E-state index is 11.3. The predicted molar refractivity (Wildman–Crippen MR) is 49.5 cm³/mol. The molecule has 1 aliphatic heterocycles. The Morgan fingerprint density at radius 2 is 2.14 bits per heavy atom. The fraction of sp³-hybridized carbons (Fsp3) is 1.00. The van der Waals surface area contributed by atoms with Crippen LogP contribution in [0.15, 0.2) is 0 Å². The van der Waals surface area contributed by atoms with Crippen LogP contribution >= 0.6 is 0 Å². The zero-order chi connectivity index (χ0) is 10.2. The van der Waals surface area contributed by atoms with Crippen molar-refractivity contribution in [2.24, 2.45) is 11.3 Å². The molecule has 3 fully saturated rings. The van der Waals surface area contributed by atoms with Gasteiger partial charge in [0.15, 0.2) is 5.60 Å². The monoisotopic (exact) mass is 197 g/mol. The summed E-state index contributed by atoms with van der Waals surface area (Å²) in [6.45, 7) is 4.86. The minimum absolute atomic E-state index is 0.00167. The van der Waals surface area contributed by atoms with Crippen molar-refractivity contribution in [3.8, 4) is 0 Å². The SMILES string of the molecule is CC1(C)[C@@H]2CC[C@@]([N+](=O)[O-])(C2)[C@]12CO2. The van der Waals surface area contributed by atoms with Gasteiger partial charge in [0.25, 0.3) is 5.54 Å². The summed E-state index contributed by atoms with van der Waals surface area (Å²) in [4.78, 5) is 11.2. The normalized spacial score (nSPS) is 52.6. The molecule has 0 aromatic rings. The molecule has 1 saturated heterocycles. The van der Waals surface area contributed by atoms with Crippen LogP contribution in [0.1, 0.15) is 33.1 Å². The first kappa shape index (κ1) is 8.65. The molecule has 2 bridgehead atoms. The summed E-state index contributed by atoms with van der Waals surface area (Å²) in [6.07, 6.45) is 2.44. The number of ether oxygens (including phenoxy) is 1. The number of fused-ring (bicyclic) bond motifs is 3. The number of nitrogens with zero attached hydrogens (tertiary/aromatic N) is 1. The van der Waals surface area contributed by atoms with Crippen molar-refractivity contribution in [1.82, 2.24) is 0 Å². The number of epoxide rings is 1. The van der Waals surface area contributed by atoms with E-state index in [1.807, 2.05) is 0 Å². The zero-order valence-corrected chi connectivity index (χ0v) is 8.58. The molecule has 0 radical (unpaired) electrons. The molecule has 1 spiro atoms. The van der Waals surface area contributed by atoms with Crippen LogP contribution < -0.4 is 0 Å². The van der Waals surface area contributed by atoms with Crippen LogP contribution in [-0.4, -0.2) is 22.7 Å². The lowest BCUT2D eigenvalue weighted by molar-refractivity contribution is -0.579. The second kappa shape index (κ2) is 1.98. The summed E-state index contributed by atoms with van der Waals surface area (Å²) in [5.41, 5.74) is -1.17. The average molecular weight is 197 g/mol. The molecule has 4 heteroatoms. The summed E-state index contributed by atoms with van der Waals surface area (Å²) < 4.78 is 5.53. The fourth-order valence-corrected chi connectivity index (χ4v) is 3.96. The number of nitro groups is 1. The van der Waals surface area contributed by atoms with E-state index in [1.165, 1.54) is 0 Å². The highest BCUT2D eigenvalue weighted by Gasteiger charge is 2.84. The fourth-order valence-electron chi connectivity index (χ4n) is 3.96. The van der Waals surface area contributed by atoms with E-state index in [-0.39, 0.29) is 10.3 Å². The highest BCUT2D eigenvalue weighted by atomic mass is 16.7. The first-order valence-corrected chi connectivity index (χ1v) is 5.25. The van der Waals surface area contributed by atoms with Gasteiger partial charge < -0.3 is 4.74 Å². The van der Waals surface area contributed by atoms with Gasteiger partial charge in [0.05, 0.1) is 6.61 Å². The van der Waals surface area contributed by atoms with Gasteiger partial charge in [-0.05, 0) is 12.3 Å². The quantitative estimate of drug-likeness (QED) is 0.364. The maximum atomic E-state index is 11.3. The van der Waals surface area contributed by atoms with Crippen molar-refractivity contribution in [2.45, 2.75) is 44.2 Å². The van der Waals surface area contributed by atoms with E-state index in [4.69, 9.17) is 4.74 Å². The van der Waals surface area contributed by atoms with E-state index < -0.39 is 11.1 Å². The molecular formula is C10H15NO3. The zero-order valence-electron chi connectivity index (χ0n) is 8.58. The van der Waals surface area contributed by atoms with Crippen LogP contribution in [0.2, 0.25) is 0 Å². The Bertz CT molecular complexity index is 321. The van der Waals surface area contributed by atoms with Crippen LogP contribution in [0.4, 0.5) is 0 Å². The molecule has 0 N–H and O–H groups in total. The predicted octanol–water partition coefficient (Wildman–Crippen LogP) is 1.61. The van der Waals surface area contributed by atoms with Crippen molar-refractivity contribution >= 4 is 0 Å². The molecule has 0 aromatic carbocycles. The van der Waals surface area contributed by atoms with Gasteiger partial charge in [-0.25, -0.2) is 0 Å². The Hall–Kier alpha value is -0.640. The molecule has 3 aliphatic rings. The summed E-state index contributed by atoms with van der Waals surface area (Å²) in [6, 6.07) is 0. The largest absolute Gasteiger partial charge is 0.361 e. The Labute approximate surface area is 82.8 Å². The summed E-state index contributed by atoms with van der Waals surface area (Å²) >= 11 is 0. The first-order chi connectivity index (χ1) is 6.46. The minimum atomic E-state index is -0.749. The van der Waals surface area contributed by atoms with E-state index in [0.717, 1.165) is 12.8 Å². The minimum Gasteiger partial charge on any atom is -0.361 e. The first-order valence-electron chi connectivity index (χ1n) is 5.25. The van der Waals surface area contributed by atoms with E-state index in [2.05, 4.69) is 13.8 Å². The Kier molecular flexibility index (Phi) is 1.23. The molecule has 0 amide bonds. The molecule has 14 heavy (non-hydrogen) atoms. The van der Waals surface area contributed by atoms with Gasteiger partial charge in [0.1, 0.15) is 0 Å². The molecule has 4 nitrogen and oxygen atoms in total. The van der Waals surface area contributed by atoms with Crippen molar-refractivity contribution in [1.29, 1.82) is 0 Å². The van der Waals surface area contributed by atoms with Gasteiger partial charge in [-0.1, -0.05) is 13.8 Å². The van der Waals surface area contributed by atoms with E-state index >= 15 is 0 Å². The molecule has 2 aliphatic carbocycles.